The second kappa shape index (κ2) is 11.6. The van der Waals surface area contributed by atoms with Crippen molar-refractivity contribution in [1.29, 1.82) is 0 Å². The van der Waals surface area contributed by atoms with Gasteiger partial charge < -0.3 is 5.32 Å². The third-order valence-corrected chi connectivity index (χ3v) is 11.4. The van der Waals surface area contributed by atoms with E-state index in [0.29, 0.717) is 15.5 Å². The minimum absolute atomic E-state index is 0.132. The quantitative estimate of drug-likeness (QED) is 0.162. The zero-order chi connectivity index (χ0) is 32.2. The molecular weight excluding hydrogens is 710 g/mol. The number of imide groups is 1. The van der Waals surface area contributed by atoms with Crippen molar-refractivity contribution in [2.24, 2.45) is 11.1 Å². The molecule has 3 heterocycles. The van der Waals surface area contributed by atoms with Gasteiger partial charge in [-0.1, -0.05) is 51.2 Å². The van der Waals surface area contributed by atoms with Gasteiger partial charge in [0.2, 0.25) is 27.7 Å². The second-order valence-electron chi connectivity index (χ2n) is 10.1. The number of thioether (sulfide) groups is 1. The molecule has 2 aliphatic rings. The third kappa shape index (κ3) is 5.72. The summed E-state index contributed by atoms with van der Waals surface area (Å²) in [5, 5.41) is 18.3. The maximum Gasteiger partial charge on any atom is 0.308 e. The predicted octanol–water partition coefficient (Wildman–Crippen LogP) is 3.66. The van der Waals surface area contributed by atoms with E-state index >= 15 is 0 Å². The van der Waals surface area contributed by atoms with E-state index < -0.39 is 61.2 Å². The molecule has 2 unspecified atom stereocenters. The van der Waals surface area contributed by atoms with Crippen LogP contribution in [0, 0.1) is 16.0 Å². The predicted molar refractivity (Wildman–Crippen MR) is 170 cm³/mol. The summed E-state index contributed by atoms with van der Waals surface area (Å²) in [4.78, 5) is 65.6. The lowest BCUT2D eigenvalue weighted by molar-refractivity contribution is -0.384. The Kier molecular flexibility index (Phi) is 7.98. The number of halogens is 1. The number of benzene rings is 3. The smallest absolute Gasteiger partial charge is 0.308 e. The number of hydrogen-bond acceptors (Lipinski definition) is 10. The van der Waals surface area contributed by atoms with Crippen molar-refractivity contribution in [3.05, 3.63) is 107 Å². The van der Waals surface area contributed by atoms with Gasteiger partial charge in [0.15, 0.2) is 0 Å². The molecule has 3 aromatic carbocycles. The molecule has 1 saturated heterocycles. The minimum Gasteiger partial charge on any atom is -0.325 e. The molecule has 3 amide bonds. The van der Waals surface area contributed by atoms with Gasteiger partial charge in [0.1, 0.15) is 11.8 Å². The van der Waals surface area contributed by atoms with E-state index in [1.807, 2.05) is 0 Å². The number of nitrogens with two attached hydrogens (primary N) is 1. The molecule has 6 rings (SSSR count). The van der Waals surface area contributed by atoms with E-state index in [1.165, 1.54) is 53.1 Å². The van der Waals surface area contributed by atoms with Crippen LogP contribution < -0.4 is 20.2 Å². The molecule has 4 aromatic rings. The Labute approximate surface area is 271 Å². The number of anilines is 2. The van der Waals surface area contributed by atoms with E-state index in [1.54, 1.807) is 24.3 Å². The van der Waals surface area contributed by atoms with Gasteiger partial charge in [-0.25, -0.2) is 18.5 Å². The Morgan fingerprint density at radius 3 is 2.22 bits per heavy atom. The van der Waals surface area contributed by atoms with Crippen LogP contribution in [-0.4, -0.2) is 40.9 Å². The molecule has 45 heavy (non-hydrogen) atoms. The van der Waals surface area contributed by atoms with Crippen molar-refractivity contribution in [2.75, 3.05) is 10.2 Å². The van der Waals surface area contributed by atoms with Crippen LogP contribution in [0.5, 0.6) is 0 Å². The van der Waals surface area contributed by atoms with Crippen LogP contribution in [0.2, 0.25) is 0 Å². The highest BCUT2D eigenvalue weighted by molar-refractivity contribution is 9.10. The highest BCUT2D eigenvalue weighted by Crippen LogP contribution is 2.54. The summed E-state index contributed by atoms with van der Waals surface area (Å²) in [5.74, 6) is -3.19. The average molecular weight is 731 g/mol. The fourth-order valence-corrected chi connectivity index (χ4v) is 8.89. The van der Waals surface area contributed by atoms with Gasteiger partial charge in [0, 0.05) is 33.1 Å². The summed E-state index contributed by atoms with van der Waals surface area (Å²) in [6, 6.07) is 17.5. The fourth-order valence-electron chi connectivity index (χ4n) is 5.33. The van der Waals surface area contributed by atoms with Crippen LogP contribution in [0.4, 0.5) is 17.1 Å². The number of sulfonamides is 1. The van der Waals surface area contributed by atoms with Crippen LogP contribution in [0.15, 0.2) is 92.0 Å². The van der Waals surface area contributed by atoms with Crippen molar-refractivity contribution in [3.8, 4) is 0 Å². The lowest BCUT2D eigenvalue weighted by atomic mass is 9.83. The van der Waals surface area contributed by atoms with Gasteiger partial charge in [0.05, 0.1) is 26.5 Å². The molecule has 0 saturated carbocycles. The number of nitro benzene ring substituents is 1. The minimum atomic E-state index is -3.92. The highest BCUT2D eigenvalue weighted by atomic mass is 79.9. The van der Waals surface area contributed by atoms with Crippen molar-refractivity contribution in [1.82, 2.24) is 4.57 Å². The lowest BCUT2D eigenvalue weighted by Crippen LogP contribution is -2.33. The number of nitro groups is 1. The largest absolute Gasteiger partial charge is 0.325 e. The lowest BCUT2D eigenvalue weighted by Gasteiger charge is -2.30. The number of non-ortho nitro benzene ring substituents is 1. The molecule has 17 heteroatoms. The number of nitrogens with one attached hydrogen (secondary N) is 1. The van der Waals surface area contributed by atoms with Crippen LogP contribution in [0.3, 0.4) is 0 Å². The Balaban J connectivity index is 1.36. The number of amides is 3. The van der Waals surface area contributed by atoms with Crippen molar-refractivity contribution in [2.45, 2.75) is 27.6 Å². The standard InChI is InChI=1S/C28H20BrN5O8S3/c29-15-3-1-14(2-4-15)21-22-23(26(37)33(25(22)36)17-7-9-18(10-8-17)34(39)40)43-27-24(21)44-28(38)32(27)13-20(35)31-16-5-11-19(12-6-16)45(30,41)42/h1-12,21-23H,13H2,(H,31,35)(H2,30,41,42)/t21-,22?,23?/m1/s1. The van der Waals surface area contributed by atoms with Crippen molar-refractivity contribution in [3.63, 3.8) is 0 Å². The summed E-state index contributed by atoms with van der Waals surface area (Å²) in [5.41, 5.74) is 0.963. The van der Waals surface area contributed by atoms with Gasteiger partial charge in [-0.2, -0.15) is 0 Å². The van der Waals surface area contributed by atoms with E-state index in [4.69, 9.17) is 5.14 Å². The summed E-state index contributed by atoms with van der Waals surface area (Å²) in [6.07, 6.45) is 0. The van der Waals surface area contributed by atoms with E-state index in [9.17, 15) is 37.7 Å². The molecule has 0 radical (unpaired) electrons. The van der Waals surface area contributed by atoms with E-state index in [2.05, 4.69) is 21.2 Å². The SMILES string of the molecule is NS(=O)(=O)c1ccc(NC(=O)Cn2c3c(sc2=O)[C@H](c2ccc(Br)cc2)C2C(=O)N(c4ccc([N+](=O)[O-])cc4)C(=O)C2S3)cc1. The van der Waals surface area contributed by atoms with Gasteiger partial charge in [0.25, 0.3) is 5.69 Å². The van der Waals surface area contributed by atoms with Crippen LogP contribution in [0.1, 0.15) is 16.4 Å². The monoisotopic (exact) mass is 729 g/mol. The molecule has 13 nitrogen and oxygen atoms in total. The number of fused-ring (bicyclic) bond motifs is 2. The van der Waals surface area contributed by atoms with Gasteiger partial charge in [-0.05, 0) is 54.1 Å². The average Bonchev–Trinajstić information content (AvgIpc) is 3.43. The molecule has 1 fully saturated rings. The molecule has 230 valence electrons. The van der Waals surface area contributed by atoms with Crippen molar-refractivity contribution < 1.29 is 27.7 Å². The fraction of sp³-hybridized carbons (Fsp3) is 0.143. The number of carbonyl (C=O) groups excluding carboxylic acids is 3. The normalized spacial score (nSPS) is 19.2. The first kappa shape index (κ1) is 30.8. The maximum absolute atomic E-state index is 13.9. The second-order valence-corrected chi connectivity index (χ2v) is 14.7. The topological polar surface area (TPSA) is 192 Å². The first-order valence-electron chi connectivity index (χ1n) is 13.0. The Morgan fingerprint density at radius 2 is 1.62 bits per heavy atom. The number of primary sulfonamides is 1. The molecule has 3 N–H and O–H groups in total. The number of aromatic nitrogens is 1. The van der Waals surface area contributed by atoms with Crippen molar-refractivity contribution >= 4 is 83.8 Å². The Hall–Kier alpha value is -4.16. The number of hydrogen-bond donors (Lipinski definition) is 2. The Morgan fingerprint density at radius 1 is 0.978 bits per heavy atom. The number of thiazole rings is 1. The van der Waals surface area contributed by atoms with Gasteiger partial charge in [-0.15, -0.1) is 0 Å². The number of rotatable bonds is 7. The first-order chi connectivity index (χ1) is 21.3. The summed E-state index contributed by atoms with van der Waals surface area (Å²) in [6.45, 7) is -0.409. The highest BCUT2D eigenvalue weighted by Gasteiger charge is 2.56. The summed E-state index contributed by atoms with van der Waals surface area (Å²) < 4.78 is 25.1. The first-order valence-corrected chi connectivity index (χ1v) is 17.1. The molecule has 2 aliphatic heterocycles. The van der Waals surface area contributed by atoms with Crippen LogP contribution >= 0.6 is 39.0 Å². The molecule has 0 bridgehead atoms. The zero-order valence-electron chi connectivity index (χ0n) is 22.7. The molecule has 0 aliphatic carbocycles. The van der Waals surface area contributed by atoms with E-state index in [0.717, 1.165) is 32.5 Å². The molecule has 1 aromatic heterocycles. The number of nitrogens with zero attached hydrogens (tertiary/aromatic N) is 3. The number of carbonyl (C=O) groups is 3. The molecular formula is C28H20BrN5O8S3. The summed E-state index contributed by atoms with van der Waals surface area (Å²) in [7, 11) is -3.92. The molecule has 3 atom stereocenters. The van der Waals surface area contributed by atoms with E-state index in [-0.39, 0.29) is 22.0 Å². The summed E-state index contributed by atoms with van der Waals surface area (Å²) >= 11 is 5.33. The maximum atomic E-state index is 13.9. The van der Waals surface area contributed by atoms with Gasteiger partial charge >= 0.3 is 4.87 Å². The van der Waals surface area contributed by atoms with Crippen LogP contribution in [0.25, 0.3) is 0 Å². The van der Waals surface area contributed by atoms with Gasteiger partial charge in [-0.3, -0.25) is 33.9 Å². The Bertz CT molecular complexity index is 2050. The third-order valence-electron chi connectivity index (χ3n) is 7.37. The van der Waals surface area contributed by atoms with Crippen LogP contribution in [-0.2, 0) is 31.0 Å². The molecule has 0 spiro atoms. The zero-order valence-corrected chi connectivity index (χ0v) is 26.7.